The van der Waals surface area contributed by atoms with E-state index in [0.717, 1.165) is 17.4 Å². The van der Waals surface area contributed by atoms with E-state index in [-0.39, 0.29) is 5.69 Å². The van der Waals surface area contributed by atoms with Crippen molar-refractivity contribution in [2.75, 3.05) is 11.4 Å². The van der Waals surface area contributed by atoms with Crippen molar-refractivity contribution in [3.63, 3.8) is 0 Å². The fraction of sp³-hybridized carbons (Fsp3) is 0.400. The standard InChI is InChI=1S/C15H18N2O2/c1-10-4-2-3-7-17(10)12-5-6-13-11(8-12)9-14(16-13)15(18)19/h5-6,8-10,16H,2-4,7H2,1H3,(H,18,19). The molecule has 0 saturated carbocycles. The zero-order chi connectivity index (χ0) is 13.4. The van der Waals surface area contributed by atoms with Gasteiger partial charge in [0.15, 0.2) is 0 Å². The molecule has 0 bridgehead atoms. The molecule has 2 heterocycles. The van der Waals surface area contributed by atoms with Crippen molar-refractivity contribution in [1.82, 2.24) is 4.98 Å². The highest BCUT2D eigenvalue weighted by Gasteiger charge is 2.19. The average molecular weight is 258 g/mol. The quantitative estimate of drug-likeness (QED) is 0.869. The molecule has 2 N–H and O–H groups in total. The van der Waals surface area contributed by atoms with Crippen LogP contribution in [0, 0.1) is 0 Å². The first kappa shape index (κ1) is 12.1. The molecule has 1 aromatic carbocycles. The molecule has 100 valence electrons. The molecule has 1 unspecified atom stereocenters. The molecule has 1 aromatic heterocycles. The maximum atomic E-state index is 11.0. The third-order valence-corrected chi connectivity index (χ3v) is 3.97. The molecular weight excluding hydrogens is 240 g/mol. The zero-order valence-electron chi connectivity index (χ0n) is 11.0. The molecule has 0 spiro atoms. The molecule has 1 atom stereocenters. The number of H-pyrrole nitrogens is 1. The molecule has 0 radical (unpaired) electrons. The van der Waals surface area contributed by atoms with Crippen LogP contribution in [0.5, 0.6) is 0 Å². The Morgan fingerprint density at radius 2 is 2.21 bits per heavy atom. The number of nitrogens with one attached hydrogen (secondary N) is 1. The number of rotatable bonds is 2. The van der Waals surface area contributed by atoms with Crippen LogP contribution in [0.4, 0.5) is 5.69 Å². The highest BCUT2D eigenvalue weighted by molar-refractivity contribution is 5.94. The Bertz CT molecular complexity index is 618. The Balaban J connectivity index is 1.98. The van der Waals surface area contributed by atoms with E-state index in [9.17, 15) is 4.79 Å². The number of aromatic nitrogens is 1. The summed E-state index contributed by atoms with van der Waals surface area (Å²) in [5.74, 6) is -0.913. The van der Waals surface area contributed by atoms with Crippen LogP contribution >= 0.6 is 0 Å². The van der Waals surface area contributed by atoms with Crippen LogP contribution in [0.1, 0.15) is 36.7 Å². The van der Waals surface area contributed by atoms with Crippen LogP contribution < -0.4 is 4.90 Å². The Labute approximate surface area is 112 Å². The predicted molar refractivity (Wildman–Crippen MR) is 75.9 cm³/mol. The number of carbonyl (C=O) groups is 1. The number of hydrogen-bond donors (Lipinski definition) is 2. The van der Waals surface area contributed by atoms with Crippen molar-refractivity contribution in [2.24, 2.45) is 0 Å². The molecule has 4 nitrogen and oxygen atoms in total. The summed E-state index contributed by atoms with van der Waals surface area (Å²) >= 11 is 0. The molecule has 0 aliphatic carbocycles. The maximum absolute atomic E-state index is 11.0. The summed E-state index contributed by atoms with van der Waals surface area (Å²) in [4.78, 5) is 16.3. The van der Waals surface area contributed by atoms with E-state index in [1.54, 1.807) is 6.07 Å². The predicted octanol–water partition coefficient (Wildman–Crippen LogP) is 3.24. The molecule has 3 rings (SSSR count). The minimum Gasteiger partial charge on any atom is -0.477 e. The number of piperidine rings is 1. The third-order valence-electron chi connectivity index (χ3n) is 3.97. The van der Waals surface area contributed by atoms with E-state index in [0.29, 0.717) is 6.04 Å². The van der Waals surface area contributed by atoms with Crippen molar-refractivity contribution in [3.05, 3.63) is 30.0 Å². The van der Waals surface area contributed by atoms with Crippen LogP contribution in [0.2, 0.25) is 0 Å². The number of carboxylic acid groups (broad SMARTS) is 1. The SMILES string of the molecule is CC1CCCCN1c1ccc2[nH]c(C(=O)O)cc2c1. The Kier molecular flexibility index (Phi) is 2.93. The van der Waals surface area contributed by atoms with Crippen LogP contribution in [0.25, 0.3) is 10.9 Å². The summed E-state index contributed by atoms with van der Waals surface area (Å²) < 4.78 is 0. The van der Waals surface area contributed by atoms with Gasteiger partial charge in [0.25, 0.3) is 0 Å². The Morgan fingerprint density at radius 3 is 2.95 bits per heavy atom. The fourth-order valence-corrected chi connectivity index (χ4v) is 2.90. The maximum Gasteiger partial charge on any atom is 0.352 e. The van der Waals surface area contributed by atoms with Gasteiger partial charge in [-0.1, -0.05) is 0 Å². The molecule has 1 saturated heterocycles. The topological polar surface area (TPSA) is 56.3 Å². The number of hydrogen-bond acceptors (Lipinski definition) is 2. The number of benzene rings is 1. The van der Waals surface area contributed by atoms with E-state index in [4.69, 9.17) is 5.11 Å². The van der Waals surface area contributed by atoms with Gasteiger partial charge in [0.05, 0.1) is 0 Å². The van der Waals surface area contributed by atoms with Gasteiger partial charge in [0.2, 0.25) is 0 Å². The second kappa shape index (κ2) is 4.61. The Morgan fingerprint density at radius 1 is 1.37 bits per heavy atom. The summed E-state index contributed by atoms with van der Waals surface area (Å²) in [7, 11) is 0. The van der Waals surface area contributed by atoms with Gasteiger partial charge >= 0.3 is 5.97 Å². The third kappa shape index (κ3) is 2.18. The van der Waals surface area contributed by atoms with E-state index < -0.39 is 5.97 Å². The first-order valence-corrected chi connectivity index (χ1v) is 6.78. The average Bonchev–Trinajstić information content (AvgIpc) is 2.82. The van der Waals surface area contributed by atoms with Crippen LogP contribution in [0.3, 0.4) is 0 Å². The lowest BCUT2D eigenvalue weighted by atomic mass is 10.0. The smallest absolute Gasteiger partial charge is 0.352 e. The summed E-state index contributed by atoms with van der Waals surface area (Å²) in [6, 6.07) is 8.39. The molecule has 1 fully saturated rings. The minimum atomic E-state index is -0.913. The van der Waals surface area contributed by atoms with Gasteiger partial charge in [0, 0.05) is 29.2 Å². The molecule has 1 aliphatic heterocycles. The number of anilines is 1. The number of nitrogens with zero attached hydrogens (tertiary/aromatic N) is 1. The number of fused-ring (bicyclic) bond motifs is 1. The summed E-state index contributed by atoms with van der Waals surface area (Å²) in [6.45, 7) is 3.34. The first-order chi connectivity index (χ1) is 9.15. The second-order valence-electron chi connectivity index (χ2n) is 5.30. The van der Waals surface area contributed by atoms with Crippen LogP contribution in [-0.4, -0.2) is 28.6 Å². The minimum absolute atomic E-state index is 0.249. The van der Waals surface area contributed by atoms with E-state index in [1.165, 1.54) is 24.9 Å². The van der Waals surface area contributed by atoms with Gasteiger partial charge in [-0.25, -0.2) is 4.79 Å². The lowest BCUT2D eigenvalue weighted by Gasteiger charge is -2.35. The second-order valence-corrected chi connectivity index (χ2v) is 5.30. The largest absolute Gasteiger partial charge is 0.477 e. The van der Waals surface area contributed by atoms with E-state index >= 15 is 0 Å². The van der Waals surface area contributed by atoms with Crippen molar-refractivity contribution < 1.29 is 9.90 Å². The number of aromatic amines is 1. The van der Waals surface area contributed by atoms with Crippen molar-refractivity contribution in [2.45, 2.75) is 32.2 Å². The zero-order valence-corrected chi connectivity index (χ0v) is 11.0. The van der Waals surface area contributed by atoms with E-state index in [1.807, 2.05) is 6.07 Å². The molecule has 19 heavy (non-hydrogen) atoms. The lowest BCUT2D eigenvalue weighted by molar-refractivity contribution is 0.0691. The normalized spacial score (nSPS) is 19.8. The summed E-state index contributed by atoms with van der Waals surface area (Å²) in [5, 5.41) is 9.97. The number of aromatic carboxylic acids is 1. The van der Waals surface area contributed by atoms with Gasteiger partial charge < -0.3 is 15.0 Å². The van der Waals surface area contributed by atoms with E-state index in [2.05, 4.69) is 28.9 Å². The Hall–Kier alpha value is -1.97. The van der Waals surface area contributed by atoms with Gasteiger partial charge in [-0.05, 0) is 50.5 Å². The molecule has 0 amide bonds. The van der Waals surface area contributed by atoms with Gasteiger partial charge in [-0.2, -0.15) is 0 Å². The summed E-state index contributed by atoms with van der Waals surface area (Å²) in [6.07, 6.45) is 3.76. The molecular formula is C15H18N2O2. The first-order valence-electron chi connectivity index (χ1n) is 6.78. The number of carboxylic acids is 1. The highest BCUT2D eigenvalue weighted by Crippen LogP contribution is 2.28. The van der Waals surface area contributed by atoms with Gasteiger partial charge in [-0.3, -0.25) is 0 Å². The monoisotopic (exact) mass is 258 g/mol. The highest BCUT2D eigenvalue weighted by atomic mass is 16.4. The van der Waals surface area contributed by atoms with Crippen LogP contribution in [0.15, 0.2) is 24.3 Å². The van der Waals surface area contributed by atoms with Crippen LogP contribution in [-0.2, 0) is 0 Å². The summed E-state index contributed by atoms with van der Waals surface area (Å²) in [5.41, 5.74) is 2.32. The molecule has 2 aromatic rings. The van der Waals surface area contributed by atoms with Gasteiger partial charge in [0.1, 0.15) is 5.69 Å². The lowest BCUT2D eigenvalue weighted by Crippen LogP contribution is -2.37. The molecule has 1 aliphatic rings. The van der Waals surface area contributed by atoms with Gasteiger partial charge in [-0.15, -0.1) is 0 Å². The van der Waals surface area contributed by atoms with Crippen molar-refractivity contribution >= 4 is 22.6 Å². The van der Waals surface area contributed by atoms with Crippen molar-refractivity contribution in [1.29, 1.82) is 0 Å². The van der Waals surface area contributed by atoms with Crippen molar-refractivity contribution in [3.8, 4) is 0 Å². The molecule has 4 heteroatoms. The fourth-order valence-electron chi connectivity index (χ4n) is 2.90.